The lowest BCUT2D eigenvalue weighted by molar-refractivity contribution is 0.0529. The number of carbonyl (C=O) groups is 1. The highest BCUT2D eigenvalue weighted by atomic mass is 79.9. The number of rotatable bonds is 3. The SMILES string of the molecule is COc1cc(/C=N/NC(=O)OC(C)(C)C)c(Br)c(Br)c1O. The molecule has 1 amide bonds. The van der Waals surface area contributed by atoms with Crippen molar-refractivity contribution in [3.05, 3.63) is 20.6 Å². The van der Waals surface area contributed by atoms with Crippen molar-refractivity contribution >= 4 is 44.2 Å². The number of ether oxygens (including phenoxy) is 2. The van der Waals surface area contributed by atoms with E-state index >= 15 is 0 Å². The fourth-order valence-corrected chi connectivity index (χ4v) is 2.15. The summed E-state index contributed by atoms with van der Waals surface area (Å²) in [6.07, 6.45) is 0.750. The zero-order valence-corrected chi connectivity index (χ0v) is 15.2. The van der Waals surface area contributed by atoms with Crippen molar-refractivity contribution < 1.29 is 19.4 Å². The number of nitrogens with zero attached hydrogens (tertiary/aromatic N) is 1. The second kappa shape index (κ2) is 7.13. The predicted molar refractivity (Wildman–Crippen MR) is 87.0 cm³/mol. The Morgan fingerprint density at radius 1 is 1.38 bits per heavy atom. The van der Waals surface area contributed by atoms with Gasteiger partial charge < -0.3 is 14.6 Å². The molecule has 8 heteroatoms. The van der Waals surface area contributed by atoms with Gasteiger partial charge in [0.1, 0.15) is 5.60 Å². The van der Waals surface area contributed by atoms with Crippen molar-refractivity contribution in [2.75, 3.05) is 7.11 Å². The maximum absolute atomic E-state index is 11.4. The maximum atomic E-state index is 11.4. The molecule has 1 aromatic rings. The molecule has 0 heterocycles. The summed E-state index contributed by atoms with van der Waals surface area (Å²) in [7, 11) is 1.44. The number of aromatic hydroxyl groups is 1. The van der Waals surface area contributed by atoms with Gasteiger partial charge in [-0.25, -0.2) is 10.2 Å². The number of methoxy groups -OCH3 is 1. The van der Waals surface area contributed by atoms with Crippen LogP contribution in [0, 0.1) is 0 Å². The molecule has 0 bridgehead atoms. The monoisotopic (exact) mass is 422 g/mol. The number of hydrogen-bond acceptors (Lipinski definition) is 5. The molecule has 1 aromatic carbocycles. The molecular weight excluding hydrogens is 408 g/mol. The quantitative estimate of drug-likeness (QED) is 0.572. The number of phenols is 1. The highest BCUT2D eigenvalue weighted by Crippen LogP contribution is 2.41. The fourth-order valence-electron chi connectivity index (χ4n) is 1.32. The largest absolute Gasteiger partial charge is 0.503 e. The lowest BCUT2D eigenvalue weighted by atomic mass is 10.2. The minimum atomic E-state index is -0.653. The molecule has 0 aromatic heterocycles. The molecule has 2 N–H and O–H groups in total. The van der Waals surface area contributed by atoms with E-state index in [0.717, 1.165) is 0 Å². The number of nitrogens with one attached hydrogen (secondary N) is 1. The Balaban J connectivity index is 2.86. The Morgan fingerprint density at radius 3 is 2.52 bits per heavy atom. The van der Waals surface area contributed by atoms with Gasteiger partial charge in [0.05, 0.1) is 17.8 Å². The smallest absolute Gasteiger partial charge is 0.428 e. The molecule has 0 saturated carbocycles. The van der Waals surface area contributed by atoms with Gasteiger partial charge in [0, 0.05) is 10.0 Å². The minimum absolute atomic E-state index is 0.0263. The van der Waals surface area contributed by atoms with Gasteiger partial charge in [-0.1, -0.05) is 0 Å². The number of carbonyl (C=O) groups excluding carboxylic acids is 1. The van der Waals surface area contributed by atoms with Crippen molar-refractivity contribution in [1.82, 2.24) is 5.43 Å². The first-order valence-electron chi connectivity index (χ1n) is 5.92. The van der Waals surface area contributed by atoms with Gasteiger partial charge in [-0.05, 0) is 58.7 Å². The standard InChI is InChI=1S/C13H16Br2N2O4/c1-13(2,3)21-12(19)17-16-6-7-5-8(20-4)11(18)10(15)9(7)14/h5-6,18H,1-4H3,(H,17,19)/b16-6+. The summed E-state index contributed by atoms with van der Waals surface area (Å²) in [5.41, 5.74) is 2.27. The molecule has 0 unspecified atom stereocenters. The zero-order chi connectivity index (χ0) is 16.2. The Hall–Kier alpha value is -1.28. The zero-order valence-electron chi connectivity index (χ0n) is 12.0. The van der Waals surface area contributed by atoms with Crippen LogP contribution in [0.4, 0.5) is 4.79 Å². The Kier molecular flexibility index (Phi) is 6.03. The molecule has 0 aliphatic rings. The van der Waals surface area contributed by atoms with Crippen LogP contribution >= 0.6 is 31.9 Å². The van der Waals surface area contributed by atoms with E-state index in [4.69, 9.17) is 9.47 Å². The molecule has 0 atom stereocenters. The van der Waals surface area contributed by atoms with Crippen LogP contribution in [0.5, 0.6) is 11.5 Å². The second-order valence-corrected chi connectivity index (χ2v) is 6.60. The van der Waals surface area contributed by atoms with Crippen LogP contribution < -0.4 is 10.2 Å². The lowest BCUT2D eigenvalue weighted by Crippen LogP contribution is -2.29. The normalized spacial score (nSPS) is 11.5. The van der Waals surface area contributed by atoms with E-state index in [-0.39, 0.29) is 11.5 Å². The van der Waals surface area contributed by atoms with Gasteiger partial charge in [0.15, 0.2) is 11.5 Å². The number of hydrazone groups is 1. The summed E-state index contributed by atoms with van der Waals surface area (Å²) in [4.78, 5) is 11.4. The van der Waals surface area contributed by atoms with Crippen LogP contribution in [-0.2, 0) is 4.74 Å². The topological polar surface area (TPSA) is 80.2 Å². The highest BCUT2D eigenvalue weighted by Gasteiger charge is 2.16. The Morgan fingerprint density at radius 2 is 2.00 bits per heavy atom. The predicted octanol–water partition coefficient (Wildman–Crippen LogP) is 3.78. The first kappa shape index (κ1) is 17.8. The Labute approximate surface area is 139 Å². The van der Waals surface area contributed by atoms with Crippen molar-refractivity contribution in [1.29, 1.82) is 0 Å². The van der Waals surface area contributed by atoms with E-state index in [1.807, 2.05) is 0 Å². The van der Waals surface area contributed by atoms with Gasteiger partial charge in [0.25, 0.3) is 0 Å². The minimum Gasteiger partial charge on any atom is -0.503 e. The van der Waals surface area contributed by atoms with E-state index in [9.17, 15) is 9.90 Å². The second-order valence-electron chi connectivity index (χ2n) is 5.02. The van der Waals surface area contributed by atoms with E-state index in [0.29, 0.717) is 14.5 Å². The first-order chi connectivity index (χ1) is 9.65. The summed E-state index contributed by atoms with van der Waals surface area (Å²) >= 11 is 6.54. The fraction of sp³-hybridized carbons (Fsp3) is 0.385. The van der Waals surface area contributed by atoms with E-state index in [1.165, 1.54) is 13.3 Å². The molecule has 0 spiro atoms. The lowest BCUT2D eigenvalue weighted by Gasteiger charge is -2.18. The molecule has 116 valence electrons. The number of benzene rings is 1. The van der Waals surface area contributed by atoms with Gasteiger partial charge >= 0.3 is 6.09 Å². The number of amides is 1. The molecule has 6 nitrogen and oxygen atoms in total. The molecular formula is C13H16Br2N2O4. The van der Waals surface area contributed by atoms with Gasteiger partial charge in [0.2, 0.25) is 0 Å². The number of halogens is 2. The molecule has 0 saturated heterocycles. The van der Waals surface area contributed by atoms with Crippen LogP contribution in [0.15, 0.2) is 20.1 Å². The van der Waals surface area contributed by atoms with E-state index in [1.54, 1.807) is 26.8 Å². The maximum Gasteiger partial charge on any atom is 0.428 e. The molecule has 0 aliphatic heterocycles. The summed E-state index contributed by atoms with van der Waals surface area (Å²) in [6, 6.07) is 1.57. The van der Waals surface area contributed by atoms with E-state index in [2.05, 4.69) is 42.4 Å². The summed E-state index contributed by atoms with van der Waals surface area (Å²) < 4.78 is 11.1. The summed E-state index contributed by atoms with van der Waals surface area (Å²) in [6.45, 7) is 5.28. The molecule has 0 aliphatic carbocycles. The molecule has 0 fully saturated rings. The van der Waals surface area contributed by atoms with Crippen molar-refractivity contribution in [2.45, 2.75) is 26.4 Å². The third-order valence-corrected chi connectivity index (χ3v) is 4.31. The van der Waals surface area contributed by atoms with Crippen LogP contribution in [0.2, 0.25) is 0 Å². The van der Waals surface area contributed by atoms with Gasteiger partial charge in [-0.15, -0.1) is 0 Å². The third-order valence-electron chi connectivity index (χ3n) is 2.15. The van der Waals surface area contributed by atoms with Crippen molar-refractivity contribution in [2.24, 2.45) is 5.10 Å². The van der Waals surface area contributed by atoms with Crippen LogP contribution in [0.25, 0.3) is 0 Å². The van der Waals surface area contributed by atoms with E-state index < -0.39 is 11.7 Å². The first-order valence-corrected chi connectivity index (χ1v) is 7.51. The van der Waals surface area contributed by atoms with Crippen molar-refractivity contribution in [3.63, 3.8) is 0 Å². The average molecular weight is 424 g/mol. The van der Waals surface area contributed by atoms with Gasteiger partial charge in [-0.2, -0.15) is 5.10 Å². The Bertz CT molecular complexity index is 568. The average Bonchev–Trinajstić information content (AvgIpc) is 2.36. The molecule has 1 rings (SSSR count). The summed E-state index contributed by atoms with van der Waals surface area (Å²) in [5.74, 6) is 0.255. The third kappa shape index (κ3) is 5.20. The number of phenolic OH excluding ortho intramolecular Hbond substituents is 1. The highest BCUT2D eigenvalue weighted by molar-refractivity contribution is 9.13. The molecule has 21 heavy (non-hydrogen) atoms. The molecule has 0 radical (unpaired) electrons. The van der Waals surface area contributed by atoms with Crippen LogP contribution in [0.3, 0.4) is 0 Å². The van der Waals surface area contributed by atoms with Gasteiger partial charge in [-0.3, -0.25) is 0 Å². The van der Waals surface area contributed by atoms with Crippen LogP contribution in [-0.4, -0.2) is 30.1 Å². The number of hydrogen-bond donors (Lipinski definition) is 2. The summed E-state index contributed by atoms with van der Waals surface area (Å²) in [5, 5.41) is 13.6. The van der Waals surface area contributed by atoms with Crippen molar-refractivity contribution in [3.8, 4) is 11.5 Å². The van der Waals surface area contributed by atoms with Crippen LogP contribution in [0.1, 0.15) is 26.3 Å².